The summed E-state index contributed by atoms with van der Waals surface area (Å²) in [5.74, 6) is -0.805. The number of piperidine rings is 1. The zero-order chi connectivity index (χ0) is 15.3. The van der Waals surface area contributed by atoms with Crippen molar-refractivity contribution in [3.63, 3.8) is 0 Å². The normalized spacial score (nSPS) is 18.1. The Morgan fingerprint density at radius 1 is 1.25 bits per heavy atom. The molecule has 0 aromatic rings. The molecule has 0 unspecified atom stereocenters. The maximum Gasteiger partial charge on any atom is 0.320 e. The van der Waals surface area contributed by atoms with Crippen molar-refractivity contribution in [1.82, 2.24) is 9.80 Å². The van der Waals surface area contributed by atoms with Crippen molar-refractivity contribution in [2.45, 2.75) is 59.4 Å². The van der Waals surface area contributed by atoms with E-state index in [1.165, 1.54) is 0 Å². The van der Waals surface area contributed by atoms with Crippen LogP contribution in [-0.4, -0.2) is 52.6 Å². The first kappa shape index (κ1) is 16.8. The lowest BCUT2D eigenvalue weighted by Crippen LogP contribution is -2.50. The number of hydrogen-bond donors (Lipinski definition) is 1. The van der Waals surface area contributed by atoms with Gasteiger partial charge in [-0.2, -0.15) is 0 Å². The molecule has 1 aliphatic rings. The molecule has 5 nitrogen and oxygen atoms in total. The molecule has 1 heterocycles. The number of likely N-dealkylation sites (tertiary alicyclic amines) is 1. The zero-order valence-corrected chi connectivity index (χ0v) is 13.2. The van der Waals surface area contributed by atoms with Crippen LogP contribution in [0.4, 0.5) is 4.79 Å². The third-order valence-electron chi connectivity index (χ3n) is 4.05. The van der Waals surface area contributed by atoms with Crippen LogP contribution in [0.25, 0.3) is 0 Å². The van der Waals surface area contributed by atoms with Crippen molar-refractivity contribution in [1.29, 1.82) is 0 Å². The summed E-state index contributed by atoms with van der Waals surface area (Å²) >= 11 is 0. The van der Waals surface area contributed by atoms with Crippen LogP contribution >= 0.6 is 0 Å². The number of carbonyl (C=O) groups excluding carboxylic acids is 1. The van der Waals surface area contributed by atoms with Crippen LogP contribution in [-0.2, 0) is 4.79 Å². The van der Waals surface area contributed by atoms with Crippen molar-refractivity contribution in [2.24, 2.45) is 5.41 Å². The van der Waals surface area contributed by atoms with Crippen molar-refractivity contribution < 1.29 is 14.7 Å². The minimum atomic E-state index is -0.805. The van der Waals surface area contributed by atoms with Crippen LogP contribution in [0, 0.1) is 5.41 Å². The number of hydrogen-bond acceptors (Lipinski definition) is 2. The lowest BCUT2D eigenvalue weighted by atomic mass is 9.83. The van der Waals surface area contributed by atoms with Crippen LogP contribution in [0.1, 0.15) is 53.4 Å². The fourth-order valence-electron chi connectivity index (χ4n) is 2.46. The van der Waals surface area contributed by atoms with E-state index in [-0.39, 0.29) is 18.5 Å². The van der Waals surface area contributed by atoms with Crippen LogP contribution in [0.15, 0.2) is 0 Å². The van der Waals surface area contributed by atoms with Gasteiger partial charge in [-0.25, -0.2) is 4.79 Å². The van der Waals surface area contributed by atoms with Crippen molar-refractivity contribution in [3.05, 3.63) is 0 Å². The first-order valence-electron chi connectivity index (χ1n) is 7.50. The summed E-state index contributed by atoms with van der Waals surface area (Å²) in [5.41, 5.74) is 0.322. The Bertz CT molecular complexity index is 343. The number of aliphatic carboxylic acids is 1. The molecule has 1 aliphatic heterocycles. The van der Waals surface area contributed by atoms with Gasteiger partial charge in [0.15, 0.2) is 0 Å². The van der Waals surface area contributed by atoms with Crippen molar-refractivity contribution in [2.75, 3.05) is 19.6 Å². The maximum absolute atomic E-state index is 12.5. The van der Waals surface area contributed by atoms with Gasteiger partial charge in [-0.3, -0.25) is 4.79 Å². The summed E-state index contributed by atoms with van der Waals surface area (Å²) in [6.45, 7) is 10.5. The zero-order valence-electron chi connectivity index (χ0n) is 13.2. The van der Waals surface area contributed by atoms with Crippen LogP contribution < -0.4 is 0 Å². The van der Waals surface area contributed by atoms with E-state index in [4.69, 9.17) is 5.11 Å². The van der Waals surface area contributed by atoms with E-state index >= 15 is 0 Å². The van der Waals surface area contributed by atoms with Gasteiger partial charge in [-0.15, -0.1) is 0 Å². The monoisotopic (exact) mass is 284 g/mol. The first-order valence-corrected chi connectivity index (χ1v) is 7.50. The molecule has 1 saturated heterocycles. The largest absolute Gasteiger partial charge is 0.481 e. The molecule has 0 bridgehead atoms. The molecule has 1 rings (SSSR count). The van der Waals surface area contributed by atoms with Crippen LogP contribution in [0.5, 0.6) is 0 Å². The van der Waals surface area contributed by atoms with Gasteiger partial charge in [-0.05, 0) is 38.5 Å². The molecule has 0 saturated carbocycles. The Morgan fingerprint density at radius 3 is 2.25 bits per heavy atom. The number of carboxylic acids is 1. The summed E-state index contributed by atoms with van der Waals surface area (Å²) in [6, 6.07) is 0.159. The number of amides is 2. The molecule has 1 fully saturated rings. The summed E-state index contributed by atoms with van der Waals surface area (Å²) < 4.78 is 0. The highest BCUT2D eigenvalue weighted by Gasteiger charge is 2.30. The fourth-order valence-corrected chi connectivity index (χ4v) is 2.46. The molecule has 1 N–H and O–H groups in total. The molecule has 0 aromatic heterocycles. The molecule has 0 atom stereocenters. The predicted octanol–water partition coefficient (Wildman–Crippen LogP) is 2.80. The van der Waals surface area contributed by atoms with E-state index in [1.54, 1.807) is 4.90 Å². The molecule has 0 spiro atoms. The SMILES string of the molecule is CC(C)N(CCCC(=O)O)C(=O)N1CCC(C)(C)CC1. The molecule has 116 valence electrons. The lowest BCUT2D eigenvalue weighted by Gasteiger charge is -2.40. The van der Waals surface area contributed by atoms with Crippen LogP contribution in [0.2, 0.25) is 0 Å². The number of rotatable bonds is 5. The summed E-state index contributed by atoms with van der Waals surface area (Å²) in [7, 11) is 0. The fraction of sp³-hybridized carbons (Fsp3) is 0.867. The minimum absolute atomic E-state index is 0.0564. The summed E-state index contributed by atoms with van der Waals surface area (Å²) in [5, 5.41) is 8.70. The number of carboxylic acid groups (broad SMARTS) is 1. The standard InChI is InChI=1S/C15H28N2O3/c1-12(2)17(9-5-6-13(18)19)14(20)16-10-7-15(3,4)8-11-16/h12H,5-11H2,1-4H3,(H,18,19). The molecule has 5 heteroatoms. The minimum Gasteiger partial charge on any atom is -0.481 e. The molecule has 0 aromatic carbocycles. The summed E-state index contributed by atoms with van der Waals surface area (Å²) in [6.07, 6.45) is 2.68. The second kappa shape index (κ2) is 6.95. The average Bonchev–Trinajstić information content (AvgIpc) is 2.33. The average molecular weight is 284 g/mol. The van der Waals surface area contributed by atoms with Gasteiger partial charge in [0.05, 0.1) is 0 Å². The number of nitrogens with zero attached hydrogens (tertiary/aromatic N) is 2. The molecule has 20 heavy (non-hydrogen) atoms. The van der Waals surface area contributed by atoms with Gasteiger partial charge in [0.25, 0.3) is 0 Å². The lowest BCUT2D eigenvalue weighted by molar-refractivity contribution is -0.137. The van der Waals surface area contributed by atoms with Gasteiger partial charge in [0.1, 0.15) is 0 Å². The van der Waals surface area contributed by atoms with E-state index in [0.29, 0.717) is 18.4 Å². The molecule has 2 amide bonds. The molecule has 0 aliphatic carbocycles. The Balaban J connectivity index is 2.54. The maximum atomic E-state index is 12.5. The quantitative estimate of drug-likeness (QED) is 0.844. The predicted molar refractivity (Wildman–Crippen MR) is 78.7 cm³/mol. The van der Waals surface area contributed by atoms with E-state index in [0.717, 1.165) is 25.9 Å². The molecular formula is C15H28N2O3. The van der Waals surface area contributed by atoms with Gasteiger partial charge < -0.3 is 14.9 Å². The van der Waals surface area contributed by atoms with E-state index in [2.05, 4.69) is 13.8 Å². The Morgan fingerprint density at radius 2 is 1.80 bits per heavy atom. The highest BCUT2D eigenvalue weighted by molar-refractivity contribution is 5.75. The molecular weight excluding hydrogens is 256 g/mol. The highest BCUT2D eigenvalue weighted by Crippen LogP contribution is 2.30. The van der Waals surface area contributed by atoms with E-state index in [1.807, 2.05) is 18.7 Å². The first-order chi connectivity index (χ1) is 9.23. The van der Waals surface area contributed by atoms with Crippen molar-refractivity contribution >= 4 is 12.0 Å². The molecule has 0 radical (unpaired) electrons. The van der Waals surface area contributed by atoms with E-state index < -0.39 is 5.97 Å². The second-order valence-corrected chi connectivity index (χ2v) is 6.72. The smallest absolute Gasteiger partial charge is 0.320 e. The second-order valence-electron chi connectivity index (χ2n) is 6.72. The van der Waals surface area contributed by atoms with Gasteiger partial charge >= 0.3 is 12.0 Å². The van der Waals surface area contributed by atoms with Crippen molar-refractivity contribution in [3.8, 4) is 0 Å². The Labute approximate surface area is 121 Å². The van der Waals surface area contributed by atoms with E-state index in [9.17, 15) is 9.59 Å². The number of urea groups is 1. The van der Waals surface area contributed by atoms with Gasteiger partial charge in [-0.1, -0.05) is 13.8 Å². The number of carbonyl (C=O) groups is 2. The van der Waals surface area contributed by atoms with Crippen LogP contribution in [0.3, 0.4) is 0 Å². The Kier molecular flexibility index (Phi) is 5.84. The third-order valence-corrected chi connectivity index (χ3v) is 4.05. The topological polar surface area (TPSA) is 60.9 Å². The van der Waals surface area contributed by atoms with Gasteiger partial charge in [0, 0.05) is 32.1 Å². The van der Waals surface area contributed by atoms with Gasteiger partial charge in [0.2, 0.25) is 0 Å². The highest BCUT2D eigenvalue weighted by atomic mass is 16.4. The Hall–Kier alpha value is -1.26. The third kappa shape index (κ3) is 5.02. The summed E-state index contributed by atoms with van der Waals surface area (Å²) in [4.78, 5) is 26.8.